The lowest BCUT2D eigenvalue weighted by Crippen LogP contribution is -2.29. The normalized spacial score (nSPS) is 9.20. The highest BCUT2D eigenvalue weighted by molar-refractivity contribution is 4.45. The Hall–Kier alpha value is -0.240. The third kappa shape index (κ3) is 57.4. The largest absolute Gasteiger partial charge is 0.329 e. The molecule has 6 nitrogen and oxygen atoms in total. The SMILES string of the molecule is CCC(N)N.CCCC(N)N.NCCN. The molecule has 0 aromatic carbocycles. The van der Waals surface area contributed by atoms with Crippen LogP contribution in [-0.2, 0) is 0 Å². The Labute approximate surface area is 93.7 Å². The van der Waals surface area contributed by atoms with Gasteiger partial charge in [0, 0.05) is 13.1 Å². The van der Waals surface area contributed by atoms with Crippen LogP contribution in [0.3, 0.4) is 0 Å². The van der Waals surface area contributed by atoms with Crippen LogP contribution in [0.2, 0.25) is 0 Å². The third-order valence-corrected chi connectivity index (χ3v) is 1.26. The monoisotopic (exact) mass is 222 g/mol. The van der Waals surface area contributed by atoms with Gasteiger partial charge in [-0.1, -0.05) is 20.3 Å². The highest BCUT2D eigenvalue weighted by atomic mass is 14.8. The zero-order valence-corrected chi connectivity index (χ0v) is 10.2. The molecule has 0 radical (unpaired) electrons. The van der Waals surface area contributed by atoms with Crippen molar-refractivity contribution in [3.05, 3.63) is 0 Å². The zero-order valence-electron chi connectivity index (χ0n) is 10.2. The standard InChI is InChI=1S/C4H12N2.C3H10N2.C2H8N2/c1-2-3-4(5)6;1-2-3(4)5;3-1-2-4/h4H,2-3,5-6H2,1H3;3H,2,4-5H2,1H3;1-4H2. The van der Waals surface area contributed by atoms with Gasteiger partial charge in [0.05, 0.1) is 12.3 Å². The Balaban J connectivity index is -0.000000147. The Morgan fingerprint density at radius 1 is 0.800 bits per heavy atom. The van der Waals surface area contributed by atoms with Crippen LogP contribution >= 0.6 is 0 Å². The maximum Gasteiger partial charge on any atom is 0.0520 e. The molecule has 0 atom stereocenters. The van der Waals surface area contributed by atoms with Crippen LogP contribution in [0.15, 0.2) is 0 Å². The highest BCUT2D eigenvalue weighted by Gasteiger charge is 1.85. The summed E-state index contributed by atoms with van der Waals surface area (Å²) in [5.74, 6) is 0. The van der Waals surface area contributed by atoms with Crippen LogP contribution in [0, 0.1) is 0 Å². The summed E-state index contributed by atoms with van der Waals surface area (Å²) in [6, 6.07) is 0. The van der Waals surface area contributed by atoms with Crippen molar-refractivity contribution in [1.29, 1.82) is 0 Å². The lowest BCUT2D eigenvalue weighted by atomic mass is 10.3. The molecule has 0 fully saturated rings. The van der Waals surface area contributed by atoms with E-state index < -0.39 is 0 Å². The predicted molar refractivity (Wildman–Crippen MR) is 67.6 cm³/mol. The Kier molecular flexibility index (Phi) is 26.1. The summed E-state index contributed by atoms with van der Waals surface area (Å²) in [6.45, 7) is 5.21. The van der Waals surface area contributed by atoms with E-state index in [1.807, 2.05) is 6.92 Å². The number of hydrogen-bond donors (Lipinski definition) is 6. The molecule has 0 aliphatic rings. The molecular weight excluding hydrogens is 192 g/mol. The van der Waals surface area contributed by atoms with Crippen molar-refractivity contribution in [2.45, 2.75) is 45.4 Å². The van der Waals surface area contributed by atoms with E-state index in [4.69, 9.17) is 34.4 Å². The molecule has 6 heteroatoms. The first-order valence-electron chi connectivity index (χ1n) is 5.38. The van der Waals surface area contributed by atoms with E-state index in [1.54, 1.807) is 0 Å². The average Bonchev–Trinajstić information content (AvgIpc) is 2.19. The van der Waals surface area contributed by atoms with Crippen LogP contribution in [0.5, 0.6) is 0 Å². The molecule has 12 N–H and O–H groups in total. The molecule has 0 aromatic heterocycles. The van der Waals surface area contributed by atoms with Gasteiger partial charge in [0.1, 0.15) is 0 Å². The van der Waals surface area contributed by atoms with Crippen molar-refractivity contribution in [3.63, 3.8) is 0 Å². The van der Waals surface area contributed by atoms with Gasteiger partial charge in [0.2, 0.25) is 0 Å². The van der Waals surface area contributed by atoms with Crippen LogP contribution < -0.4 is 34.4 Å². The molecule has 0 amide bonds. The fraction of sp³-hybridized carbons (Fsp3) is 1.00. The molecule has 0 spiro atoms. The van der Waals surface area contributed by atoms with Gasteiger partial charge in [0.25, 0.3) is 0 Å². The second kappa shape index (κ2) is 19.4. The Morgan fingerprint density at radius 3 is 1.13 bits per heavy atom. The molecule has 0 rings (SSSR count). The maximum absolute atomic E-state index is 5.18. The fourth-order valence-corrected chi connectivity index (χ4v) is 0.333. The number of rotatable bonds is 4. The molecular formula is C9H30N6. The van der Waals surface area contributed by atoms with Crippen LogP contribution in [0.1, 0.15) is 33.1 Å². The van der Waals surface area contributed by atoms with E-state index in [2.05, 4.69) is 6.92 Å². The van der Waals surface area contributed by atoms with Gasteiger partial charge in [-0.3, -0.25) is 0 Å². The summed E-state index contributed by atoms with van der Waals surface area (Å²) < 4.78 is 0. The second-order valence-electron chi connectivity index (χ2n) is 3.10. The molecule has 0 saturated heterocycles. The van der Waals surface area contributed by atoms with Gasteiger partial charge in [-0.2, -0.15) is 0 Å². The van der Waals surface area contributed by atoms with Gasteiger partial charge in [-0.15, -0.1) is 0 Å². The van der Waals surface area contributed by atoms with E-state index in [9.17, 15) is 0 Å². The molecule has 0 heterocycles. The zero-order chi connectivity index (χ0) is 12.7. The van der Waals surface area contributed by atoms with E-state index in [0.717, 1.165) is 19.3 Å². The topological polar surface area (TPSA) is 156 Å². The summed E-state index contributed by atoms with van der Waals surface area (Å²) in [5.41, 5.74) is 30.3. The van der Waals surface area contributed by atoms with Crippen molar-refractivity contribution in [2.75, 3.05) is 13.1 Å². The first-order chi connectivity index (χ1) is 6.95. The summed E-state index contributed by atoms with van der Waals surface area (Å²) in [6.07, 6.45) is 2.66. The van der Waals surface area contributed by atoms with E-state index in [-0.39, 0.29) is 12.3 Å². The minimum Gasteiger partial charge on any atom is -0.329 e. The first-order valence-corrected chi connectivity index (χ1v) is 5.38. The van der Waals surface area contributed by atoms with Crippen molar-refractivity contribution in [2.24, 2.45) is 34.4 Å². The van der Waals surface area contributed by atoms with Crippen molar-refractivity contribution in [1.82, 2.24) is 0 Å². The third-order valence-electron chi connectivity index (χ3n) is 1.26. The molecule has 0 saturated carbocycles. The average molecular weight is 222 g/mol. The minimum absolute atomic E-state index is 0.102. The van der Waals surface area contributed by atoms with Crippen LogP contribution in [0.4, 0.5) is 0 Å². The first kappa shape index (κ1) is 20.2. The maximum atomic E-state index is 5.18. The molecule has 0 aliphatic heterocycles. The van der Waals surface area contributed by atoms with Crippen LogP contribution in [0.25, 0.3) is 0 Å². The lowest BCUT2D eigenvalue weighted by Gasteiger charge is -1.97. The molecule has 0 unspecified atom stereocenters. The minimum atomic E-state index is -0.116. The smallest absolute Gasteiger partial charge is 0.0520 e. The van der Waals surface area contributed by atoms with E-state index in [0.29, 0.717) is 13.1 Å². The molecule has 15 heavy (non-hydrogen) atoms. The van der Waals surface area contributed by atoms with Crippen molar-refractivity contribution < 1.29 is 0 Å². The summed E-state index contributed by atoms with van der Waals surface area (Å²) in [5, 5.41) is 0. The second-order valence-corrected chi connectivity index (χ2v) is 3.10. The fourth-order valence-electron chi connectivity index (χ4n) is 0.333. The van der Waals surface area contributed by atoms with Gasteiger partial charge in [0.15, 0.2) is 0 Å². The highest BCUT2D eigenvalue weighted by Crippen LogP contribution is 1.83. The Bertz CT molecular complexity index is 84.7. The lowest BCUT2D eigenvalue weighted by molar-refractivity contribution is 0.627. The predicted octanol–water partition coefficient (Wildman–Crippen LogP) is -1.43. The quantitative estimate of drug-likeness (QED) is 0.320. The molecule has 0 aliphatic carbocycles. The van der Waals surface area contributed by atoms with Crippen LogP contribution in [-0.4, -0.2) is 25.4 Å². The summed E-state index contributed by atoms with van der Waals surface area (Å²) in [4.78, 5) is 0. The summed E-state index contributed by atoms with van der Waals surface area (Å²) >= 11 is 0. The molecule has 96 valence electrons. The van der Waals surface area contributed by atoms with Gasteiger partial charge in [-0.05, 0) is 12.8 Å². The number of hydrogen-bond acceptors (Lipinski definition) is 6. The van der Waals surface area contributed by atoms with E-state index >= 15 is 0 Å². The van der Waals surface area contributed by atoms with Gasteiger partial charge >= 0.3 is 0 Å². The number of nitrogens with two attached hydrogens (primary N) is 6. The Morgan fingerprint density at radius 2 is 1.13 bits per heavy atom. The molecule has 0 bridgehead atoms. The van der Waals surface area contributed by atoms with E-state index in [1.165, 1.54) is 0 Å². The summed E-state index contributed by atoms with van der Waals surface area (Å²) in [7, 11) is 0. The van der Waals surface area contributed by atoms with Crippen molar-refractivity contribution >= 4 is 0 Å². The molecule has 0 aromatic rings. The van der Waals surface area contributed by atoms with Gasteiger partial charge < -0.3 is 34.4 Å². The van der Waals surface area contributed by atoms with Gasteiger partial charge in [-0.25, -0.2) is 0 Å². The van der Waals surface area contributed by atoms with Crippen molar-refractivity contribution in [3.8, 4) is 0 Å².